The van der Waals surface area contributed by atoms with Gasteiger partial charge in [0.25, 0.3) is 5.56 Å². The number of nitrogens with zero attached hydrogens (tertiary/aromatic N) is 6. The molecule has 47 heavy (non-hydrogen) atoms. The van der Waals surface area contributed by atoms with Crippen molar-refractivity contribution in [2.24, 2.45) is 28.2 Å². The van der Waals surface area contributed by atoms with Crippen molar-refractivity contribution in [3.8, 4) is 0 Å². The molecule has 0 spiro atoms. The fourth-order valence-electron chi connectivity index (χ4n) is 8.24. The van der Waals surface area contributed by atoms with Gasteiger partial charge in [-0.1, -0.05) is 50.0 Å². The number of halogens is 2. The number of hydrogen-bond acceptors (Lipinski definition) is 6. The van der Waals surface area contributed by atoms with Gasteiger partial charge in [-0.2, -0.15) is 0 Å². The quantitative estimate of drug-likeness (QED) is 0.258. The van der Waals surface area contributed by atoms with Crippen molar-refractivity contribution in [2.75, 3.05) is 69.7 Å². The number of morpholine rings is 1. The smallest absolute Gasteiger partial charge is 0.262 e. The summed E-state index contributed by atoms with van der Waals surface area (Å²) in [5.41, 5.74) is 2.88. The van der Waals surface area contributed by atoms with Crippen molar-refractivity contribution in [1.29, 1.82) is 0 Å². The Kier molecular flexibility index (Phi) is 9.19. The van der Waals surface area contributed by atoms with Crippen molar-refractivity contribution >= 4 is 51.7 Å². The van der Waals surface area contributed by atoms with Gasteiger partial charge in [0, 0.05) is 61.5 Å². The predicted octanol–water partition coefficient (Wildman–Crippen LogP) is 5.87. The van der Waals surface area contributed by atoms with Crippen LogP contribution in [-0.2, 0) is 17.7 Å². The van der Waals surface area contributed by atoms with E-state index in [0.717, 1.165) is 61.6 Å². The number of nitrogens with one attached hydrogen (secondary N) is 1. The first-order valence-electron chi connectivity index (χ1n) is 17.2. The van der Waals surface area contributed by atoms with Crippen LogP contribution in [0.3, 0.4) is 0 Å². The topological polar surface area (TPSA) is 78.2 Å². The zero-order valence-corrected chi connectivity index (χ0v) is 29.5. The first-order valence-corrected chi connectivity index (χ1v) is 17.9. The molecule has 3 aromatic rings. The van der Waals surface area contributed by atoms with Crippen LogP contribution >= 0.6 is 23.2 Å². The molecule has 8 rings (SSSR count). The average Bonchev–Trinajstić information content (AvgIpc) is 3.06. The minimum Gasteiger partial charge on any atom is -0.378 e. The summed E-state index contributed by atoms with van der Waals surface area (Å²) in [5.74, 6) is 3.63. The second-order valence-corrected chi connectivity index (χ2v) is 15.4. The molecule has 5 aliphatic rings. The second kappa shape index (κ2) is 13.2. The van der Waals surface area contributed by atoms with Crippen molar-refractivity contribution in [3.63, 3.8) is 0 Å². The average molecular weight is 681 g/mol. The highest BCUT2D eigenvalue weighted by Gasteiger charge is 2.56. The van der Waals surface area contributed by atoms with E-state index in [4.69, 9.17) is 37.9 Å². The summed E-state index contributed by atoms with van der Waals surface area (Å²) in [4.78, 5) is 31.6. The molecule has 2 aromatic carbocycles. The molecule has 3 heterocycles. The maximum absolute atomic E-state index is 14.1. The molecule has 9 nitrogen and oxygen atoms in total. The lowest BCUT2D eigenvalue weighted by molar-refractivity contribution is -0.108. The summed E-state index contributed by atoms with van der Waals surface area (Å²) in [5, 5.41) is 5.50. The van der Waals surface area contributed by atoms with Crippen molar-refractivity contribution < 1.29 is 4.74 Å². The third-order valence-electron chi connectivity index (χ3n) is 11.5. The number of piperazine rings is 1. The van der Waals surface area contributed by atoms with Crippen molar-refractivity contribution in [3.05, 3.63) is 62.4 Å². The minimum atomic E-state index is -0.0565. The Morgan fingerprint density at radius 1 is 1.04 bits per heavy atom. The van der Waals surface area contributed by atoms with E-state index in [1.165, 1.54) is 6.42 Å². The summed E-state index contributed by atoms with van der Waals surface area (Å²) in [6.45, 7) is 14.1. The zero-order valence-electron chi connectivity index (χ0n) is 28.0. The molecular formula is C36H47Cl2N7O2. The zero-order chi connectivity index (χ0) is 32.9. The maximum atomic E-state index is 14.1. The van der Waals surface area contributed by atoms with Crippen LogP contribution in [0.5, 0.6) is 0 Å². The van der Waals surface area contributed by atoms with E-state index >= 15 is 0 Å². The van der Waals surface area contributed by atoms with Crippen LogP contribution in [-0.4, -0.2) is 90.9 Å². The van der Waals surface area contributed by atoms with E-state index < -0.39 is 0 Å². The minimum absolute atomic E-state index is 0.0565. The molecule has 11 heteroatoms. The number of anilines is 2. The SMILES string of the molecule is C[C@@H]1[C@@H](/N=C(/Nc2ccc3c(=O)n(CCc4ccc(Cl)cc4Cl)c(N4CCOCC4)nc3c2)N2CCN(C)CC2)C[C@@H]2C[C@H]1C2(C)C. The molecule has 5 fully saturated rings. The van der Waals surface area contributed by atoms with Crippen LogP contribution in [0, 0.1) is 23.2 Å². The molecule has 2 saturated heterocycles. The lowest BCUT2D eigenvalue weighted by Crippen LogP contribution is -2.57. The highest BCUT2D eigenvalue weighted by atomic mass is 35.5. The first-order chi connectivity index (χ1) is 22.6. The van der Waals surface area contributed by atoms with Crippen LogP contribution in [0.25, 0.3) is 10.9 Å². The number of aryl methyl sites for hydroxylation is 1. The third kappa shape index (κ3) is 6.48. The highest BCUT2D eigenvalue weighted by Crippen LogP contribution is 2.61. The number of ether oxygens (including phenoxy) is 1. The molecule has 2 aliphatic heterocycles. The molecule has 2 bridgehead atoms. The van der Waals surface area contributed by atoms with Crippen LogP contribution in [0.2, 0.25) is 10.0 Å². The van der Waals surface area contributed by atoms with Gasteiger partial charge >= 0.3 is 0 Å². The van der Waals surface area contributed by atoms with Gasteiger partial charge in [0.2, 0.25) is 5.95 Å². The van der Waals surface area contributed by atoms with Gasteiger partial charge in [0.1, 0.15) is 0 Å². The van der Waals surface area contributed by atoms with Crippen molar-refractivity contribution in [1.82, 2.24) is 19.4 Å². The number of fused-ring (bicyclic) bond motifs is 3. The van der Waals surface area contributed by atoms with Gasteiger partial charge in [0.15, 0.2) is 5.96 Å². The monoisotopic (exact) mass is 679 g/mol. The Bertz CT molecular complexity index is 1710. The molecule has 0 amide bonds. The summed E-state index contributed by atoms with van der Waals surface area (Å²) < 4.78 is 7.43. The fourth-order valence-corrected chi connectivity index (χ4v) is 8.74. The Balaban J connectivity index is 1.21. The van der Waals surface area contributed by atoms with Crippen LogP contribution in [0.4, 0.5) is 11.6 Å². The number of aliphatic imine (C=N–C) groups is 1. The number of aromatic nitrogens is 2. The van der Waals surface area contributed by atoms with Gasteiger partial charge in [-0.05, 0) is 85.4 Å². The first kappa shape index (κ1) is 32.7. The number of guanidine groups is 1. The molecule has 4 atom stereocenters. The predicted molar refractivity (Wildman–Crippen MR) is 192 cm³/mol. The Morgan fingerprint density at radius 2 is 1.81 bits per heavy atom. The molecule has 252 valence electrons. The van der Waals surface area contributed by atoms with Crippen LogP contribution in [0.1, 0.15) is 39.2 Å². The van der Waals surface area contributed by atoms with Gasteiger partial charge in [-0.15, -0.1) is 0 Å². The summed E-state index contributed by atoms with van der Waals surface area (Å²) in [6, 6.07) is 11.7. The fraction of sp³-hybridized carbons (Fsp3) is 0.583. The molecular weight excluding hydrogens is 633 g/mol. The summed E-state index contributed by atoms with van der Waals surface area (Å²) in [6.07, 6.45) is 3.07. The van der Waals surface area contributed by atoms with E-state index in [0.29, 0.717) is 83.5 Å². The van der Waals surface area contributed by atoms with E-state index in [9.17, 15) is 4.79 Å². The van der Waals surface area contributed by atoms with Crippen LogP contribution in [0.15, 0.2) is 46.2 Å². The molecule has 1 N–H and O–H groups in total. The molecule has 3 aliphatic carbocycles. The lowest BCUT2D eigenvalue weighted by Gasteiger charge is -2.61. The number of likely N-dealkylation sites (N-methyl/N-ethyl adjacent to an activating group) is 1. The van der Waals surface area contributed by atoms with Gasteiger partial charge in [0.05, 0.1) is 30.2 Å². The maximum Gasteiger partial charge on any atom is 0.262 e. The molecule has 0 radical (unpaired) electrons. The number of benzene rings is 2. The molecule has 0 unspecified atom stereocenters. The Hall–Kier alpha value is -2.85. The lowest BCUT2D eigenvalue weighted by atomic mass is 9.45. The van der Waals surface area contributed by atoms with Crippen molar-refractivity contribution in [2.45, 2.75) is 52.6 Å². The van der Waals surface area contributed by atoms with Crippen LogP contribution < -0.4 is 15.8 Å². The van der Waals surface area contributed by atoms with E-state index in [2.05, 4.69) is 47.8 Å². The van der Waals surface area contributed by atoms with Gasteiger partial charge < -0.3 is 24.8 Å². The largest absolute Gasteiger partial charge is 0.378 e. The number of hydrogen-bond donors (Lipinski definition) is 1. The third-order valence-corrected chi connectivity index (χ3v) is 12.1. The van der Waals surface area contributed by atoms with Gasteiger partial charge in [-0.3, -0.25) is 9.36 Å². The van der Waals surface area contributed by atoms with E-state index in [1.54, 1.807) is 10.6 Å². The van der Waals surface area contributed by atoms with E-state index in [-0.39, 0.29) is 5.56 Å². The standard InChI is InChI=1S/C36H47Cl2N7O2/c1-23-29-19-25(36(29,2)3)20-31(23)40-34(43-13-11-42(4)12-14-43)39-27-7-8-28-32(22-27)41-35(44-15-17-47-18-16-44)45(33(28)46)10-9-24-5-6-26(37)21-30(24)38/h5-8,21-23,25,29,31H,9-20H2,1-4H3,(H,39,40)/t23-,25-,29+,31-/m0/s1. The second-order valence-electron chi connectivity index (χ2n) is 14.6. The number of rotatable bonds is 6. The Morgan fingerprint density at radius 3 is 2.51 bits per heavy atom. The molecule has 1 aromatic heterocycles. The Labute approximate surface area is 287 Å². The normalized spacial score (nSPS) is 26.4. The van der Waals surface area contributed by atoms with Gasteiger partial charge in [-0.25, -0.2) is 9.98 Å². The highest BCUT2D eigenvalue weighted by molar-refractivity contribution is 6.35. The molecule has 3 saturated carbocycles. The summed E-state index contributed by atoms with van der Waals surface area (Å²) >= 11 is 12.6. The van der Waals surface area contributed by atoms with E-state index in [1.807, 2.05) is 30.3 Å². The summed E-state index contributed by atoms with van der Waals surface area (Å²) in [7, 11) is 2.18.